The van der Waals surface area contributed by atoms with Gasteiger partial charge in [-0.25, -0.2) is 8.42 Å². The molecule has 116 valence electrons. The SMILES string of the molecule is O=C(NCCS(=O)(=O)c1ccccc1)c1cc(Cl)ccc1I. The maximum Gasteiger partial charge on any atom is 0.252 e. The molecule has 0 saturated carbocycles. The molecule has 0 saturated heterocycles. The van der Waals surface area contributed by atoms with Crippen molar-refractivity contribution in [3.05, 3.63) is 62.7 Å². The molecule has 0 heterocycles. The molecular formula is C15H13ClINO3S. The van der Waals surface area contributed by atoms with Crippen molar-refractivity contribution in [1.82, 2.24) is 5.32 Å². The Morgan fingerprint density at radius 2 is 1.82 bits per heavy atom. The molecule has 0 spiro atoms. The number of hydrogen-bond acceptors (Lipinski definition) is 3. The first-order valence-corrected chi connectivity index (χ1v) is 9.52. The third kappa shape index (κ3) is 4.44. The van der Waals surface area contributed by atoms with Crippen molar-refractivity contribution in [1.29, 1.82) is 0 Å². The maximum absolute atomic E-state index is 12.1. The van der Waals surface area contributed by atoms with Gasteiger partial charge in [0.25, 0.3) is 5.91 Å². The lowest BCUT2D eigenvalue weighted by atomic mass is 10.2. The average molecular weight is 450 g/mol. The lowest BCUT2D eigenvalue weighted by Gasteiger charge is -2.08. The smallest absolute Gasteiger partial charge is 0.252 e. The van der Waals surface area contributed by atoms with E-state index in [1.54, 1.807) is 36.4 Å². The summed E-state index contributed by atoms with van der Waals surface area (Å²) in [6.45, 7) is 0.0403. The first-order valence-electron chi connectivity index (χ1n) is 6.41. The molecule has 0 fully saturated rings. The van der Waals surface area contributed by atoms with Crippen LogP contribution in [0.1, 0.15) is 10.4 Å². The molecule has 0 radical (unpaired) electrons. The van der Waals surface area contributed by atoms with Gasteiger partial charge in [0, 0.05) is 15.1 Å². The van der Waals surface area contributed by atoms with Gasteiger partial charge in [0.2, 0.25) is 0 Å². The molecule has 0 unspecified atom stereocenters. The summed E-state index contributed by atoms with van der Waals surface area (Å²) in [6.07, 6.45) is 0. The van der Waals surface area contributed by atoms with Crippen LogP contribution < -0.4 is 5.32 Å². The molecular weight excluding hydrogens is 437 g/mol. The summed E-state index contributed by atoms with van der Waals surface area (Å²) in [5.74, 6) is -0.491. The number of hydrogen-bond donors (Lipinski definition) is 1. The van der Waals surface area contributed by atoms with E-state index in [1.807, 2.05) is 22.6 Å². The summed E-state index contributed by atoms with van der Waals surface area (Å²) in [4.78, 5) is 12.3. The Morgan fingerprint density at radius 1 is 1.14 bits per heavy atom. The van der Waals surface area contributed by atoms with Crippen molar-refractivity contribution in [2.45, 2.75) is 4.90 Å². The molecule has 2 aromatic carbocycles. The highest BCUT2D eigenvalue weighted by molar-refractivity contribution is 14.1. The molecule has 22 heavy (non-hydrogen) atoms. The summed E-state index contributed by atoms with van der Waals surface area (Å²) in [5.41, 5.74) is 0.435. The summed E-state index contributed by atoms with van der Waals surface area (Å²) in [6, 6.07) is 13.2. The van der Waals surface area contributed by atoms with E-state index in [1.165, 1.54) is 12.1 Å². The molecule has 0 aliphatic rings. The Bertz CT molecular complexity index is 779. The second kappa shape index (κ2) is 7.43. The molecule has 0 aliphatic heterocycles. The predicted molar refractivity (Wildman–Crippen MR) is 95.0 cm³/mol. The van der Waals surface area contributed by atoms with Crippen molar-refractivity contribution in [3.8, 4) is 0 Å². The van der Waals surface area contributed by atoms with Gasteiger partial charge >= 0.3 is 0 Å². The van der Waals surface area contributed by atoms with Crippen molar-refractivity contribution in [2.75, 3.05) is 12.3 Å². The number of nitrogens with one attached hydrogen (secondary N) is 1. The molecule has 0 aromatic heterocycles. The van der Waals surface area contributed by atoms with Crippen LogP contribution in [0.3, 0.4) is 0 Å². The van der Waals surface area contributed by atoms with Gasteiger partial charge in [-0.3, -0.25) is 4.79 Å². The zero-order valence-electron chi connectivity index (χ0n) is 11.4. The number of amides is 1. The van der Waals surface area contributed by atoms with Crippen molar-refractivity contribution in [2.24, 2.45) is 0 Å². The fourth-order valence-electron chi connectivity index (χ4n) is 1.81. The number of carbonyl (C=O) groups is 1. The van der Waals surface area contributed by atoms with E-state index in [9.17, 15) is 13.2 Å². The molecule has 7 heteroatoms. The number of benzene rings is 2. The van der Waals surface area contributed by atoms with Crippen LogP contribution in [0, 0.1) is 3.57 Å². The van der Waals surface area contributed by atoms with Crippen LogP contribution in [-0.2, 0) is 9.84 Å². The summed E-state index contributed by atoms with van der Waals surface area (Å²) in [5, 5.41) is 3.07. The number of halogens is 2. The lowest BCUT2D eigenvalue weighted by Crippen LogP contribution is -2.29. The van der Waals surface area contributed by atoms with E-state index >= 15 is 0 Å². The van der Waals surface area contributed by atoms with Crippen LogP contribution in [0.15, 0.2) is 53.4 Å². The molecule has 2 rings (SSSR count). The highest BCUT2D eigenvalue weighted by atomic mass is 127. The van der Waals surface area contributed by atoms with E-state index < -0.39 is 9.84 Å². The van der Waals surface area contributed by atoms with E-state index in [-0.39, 0.29) is 23.1 Å². The normalized spacial score (nSPS) is 11.2. The van der Waals surface area contributed by atoms with Crippen LogP contribution >= 0.6 is 34.2 Å². The van der Waals surface area contributed by atoms with Crippen LogP contribution in [0.2, 0.25) is 5.02 Å². The standard InChI is InChI=1S/C15H13ClINO3S/c16-11-6-7-14(17)13(10-11)15(19)18-8-9-22(20,21)12-4-2-1-3-5-12/h1-7,10H,8-9H2,(H,18,19). The van der Waals surface area contributed by atoms with Gasteiger partial charge in [0.1, 0.15) is 0 Å². The monoisotopic (exact) mass is 449 g/mol. The van der Waals surface area contributed by atoms with Gasteiger partial charge in [-0.05, 0) is 52.9 Å². The van der Waals surface area contributed by atoms with Gasteiger partial charge in [-0.1, -0.05) is 29.8 Å². The molecule has 0 atom stereocenters. The largest absolute Gasteiger partial charge is 0.351 e. The Hall–Kier alpha value is -1.12. The Morgan fingerprint density at radius 3 is 2.50 bits per heavy atom. The van der Waals surface area contributed by atoms with Crippen LogP contribution in [0.25, 0.3) is 0 Å². The van der Waals surface area contributed by atoms with Crippen molar-refractivity contribution in [3.63, 3.8) is 0 Å². The first kappa shape index (κ1) is 17.2. The maximum atomic E-state index is 12.1. The van der Waals surface area contributed by atoms with Gasteiger partial charge < -0.3 is 5.32 Å². The van der Waals surface area contributed by atoms with E-state index in [0.717, 1.165) is 3.57 Å². The average Bonchev–Trinajstić information content (AvgIpc) is 2.50. The topological polar surface area (TPSA) is 63.2 Å². The Balaban J connectivity index is 1.99. The highest BCUT2D eigenvalue weighted by Crippen LogP contribution is 2.17. The van der Waals surface area contributed by atoms with Gasteiger partial charge in [-0.15, -0.1) is 0 Å². The fourth-order valence-corrected chi connectivity index (χ4v) is 3.74. The zero-order valence-corrected chi connectivity index (χ0v) is 15.2. The van der Waals surface area contributed by atoms with E-state index in [0.29, 0.717) is 10.6 Å². The first-order chi connectivity index (χ1) is 10.4. The minimum Gasteiger partial charge on any atom is -0.351 e. The minimum absolute atomic E-state index is 0.0403. The quantitative estimate of drug-likeness (QED) is 0.713. The van der Waals surface area contributed by atoms with Crippen LogP contribution in [0.5, 0.6) is 0 Å². The zero-order chi connectivity index (χ0) is 16.2. The molecule has 2 aromatic rings. The van der Waals surface area contributed by atoms with Gasteiger partial charge in [-0.2, -0.15) is 0 Å². The number of sulfone groups is 1. The van der Waals surface area contributed by atoms with Crippen molar-refractivity contribution >= 4 is 49.9 Å². The lowest BCUT2D eigenvalue weighted by molar-refractivity contribution is 0.0955. The minimum atomic E-state index is -3.40. The van der Waals surface area contributed by atoms with Crippen LogP contribution in [0.4, 0.5) is 0 Å². The fraction of sp³-hybridized carbons (Fsp3) is 0.133. The predicted octanol–water partition coefficient (Wildman–Crippen LogP) is 3.15. The Kier molecular flexibility index (Phi) is 5.82. The van der Waals surface area contributed by atoms with E-state index in [2.05, 4.69) is 5.32 Å². The van der Waals surface area contributed by atoms with E-state index in [4.69, 9.17) is 11.6 Å². The second-order valence-corrected chi connectivity index (χ2v) is 8.22. The second-order valence-electron chi connectivity index (χ2n) is 4.51. The molecule has 0 bridgehead atoms. The summed E-state index contributed by atoms with van der Waals surface area (Å²) < 4.78 is 24.9. The highest BCUT2D eigenvalue weighted by Gasteiger charge is 2.15. The van der Waals surface area contributed by atoms with Crippen molar-refractivity contribution < 1.29 is 13.2 Å². The molecule has 1 N–H and O–H groups in total. The summed E-state index contributed by atoms with van der Waals surface area (Å²) in [7, 11) is -3.40. The number of carbonyl (C=O) groups excluding carboxylic acids is 1. The van der Waals surface area contributed by atoms with Crippen LogP contribution in [-0.4, -0.2) is 26.6 Å². The van der Waals surface area contributed by atoms with Gasteiger partial charge in [0.15, 0.2) is 9.84 Å². The third-order valence-electron chi connectivity index (χ3n) is 2.93. The molecule has 0 aliphatic carbocycles. The molecule has 4 nitrogen and oxygen atoms in total. The third-order valence-corrected chi connectivity index (χ3v) is 5.84. The number of rotatable bonds is 5. The molecule has 1 amide bonds. The summed E-state index contributed by atoms with van der Waals surface area (Å²) >= 11 is 7.90. The van der Waals surface area contributed by atoms with Gasteiger partial charge in [0.05, 0.1) is 16.2 Å². The Labute approximate surface area is 147 Å².